The molecular formula is C25H21FN4O2. The molecule has 0 aliphatic heterocycles. The standard InChI is InChI=1S/C25H21FN4O2/c1-2-32-23-9-4-3-8-21(23)30-25(31)18-6-5-7-20(14-18)29-24-15-22(27-16-28-24)17-10-12-19(26)13-11-17/h3-16H,2H2,1H3,(H,30,31)(H,27,28,29). The van der Waals surface area contributed by atoms with Crippen LogP contribution in [-0.4, -0.2) is 22.5 Å². The number of hydrogen-bond donors (Lipinski definition) is 2. The summed E-state index contributed by atoms with van der Waals surface area (Å²) < 4.78 is 18.8. The molecule has 0 atom stereocenters. The van der Waals surface area contributed by atoms with Crippen LogP contribution >= 0.6 is 0 Å². The molecule has 4 aromatic rings. The first-order chi connectivity index (χ1) is 15.6. The van der Waals surface area contributed by atoms with Crippen molar-refractivity contribution in [3.63, 3.8) is 0 Å². The van der Waals surface area contributed by atoms with Crippen LogP contribution in [0.5, 0.6) is 5.75 Å². The van der Waals surface area contributed by atoms with Gasteiger partial charge in [-0.05, 0) is 61.5 Å². The van der Waals surface area contributed by atoms with Crippen LogP contribution in [0, 0.1) is 5.82 Å². The first kappa shape index (κ1) is 21.0. The summed E-state index contributed by atoms with van der Waals surface area (Å²) in [5, 5.41) is 6.08. The smallest absolute Gasteiger partial charge is 0.255 e. The van der Waals surface area contributed by atoms with Crippen molar-refractivity contribution in [2.24, 2.45) is 0 Å². The maximum atomic E-state index is 13.2. The molecule has 0 radical (unpaired) electrons. The van der Waals surface area contributed by atoms with Gasteiger partial charge in [-0.3, -0.25) is 4.79 Å². The number of nitrogens with zero attached hydrogens (tertiary/aromatic N) is 2. The minimum absolute atomic E-state index is 0.254. The highest BCUT2D eigenvalue weighted by Gasteiger charge is 2.11. The maximum absolute atomic E-state index is 13.2. The molecule has 6 nitrogen and oxygen atoms in total. The first-order valence-electron chi connectivity index (χ1n) is 10.1. The fourth-order valence-electron chi connectivity index (χ4n) is 3.14. The fraction of sp³-hybridized carbons (Fsp3) is 0.0800. The zero-order valence-corrected chi connectivity index (χ0v) is 17.4. The van der Waals surface area contributed by atoms with Crippen molar-refractivity contribution in [1.82, 2.24) is 9.97 Å². The number of nitrogens with one attached hydrogen (secondary N) is 2. The molecule has 0 fully saturated rings. The molecule has 0 aliphatic rings. The number of ether oxygens (including phenoxy) is 1. The number of rotatable bonds is 7. The van der Waals surface area contributed by atoms with Crippen molar-refractivity contribution >= 4 is 23.1 Å². The molecule has 2 N–H and O–H groups in total. The van der Waals surface area contributed by atoms with Gasteiger partial charge in [0.15, 0.2) is 0 Å². The Morgan fingerprint density at radius 2 is 1.78 bits per heavy atom. The lowest BCUT2D eigenvalue weighted by Crippen LogP contribution is -2.13. The van der Waals surface area contributed by atoms with E-state index in [-0.39, 0.29) is 11.7 Å². The highest BCUT2D eigenvalue weighted by molar-refractivity contribution is 6.05. The molecule has 1 amide bonds. The summed E-state index contributed by atoms with van der Waals surface area (Å²) in [6, 6.07) is 22.2. The van der Waals surface area contributed by atoms with Gasteiger partial charge in [-0.1, -0.05) is 18.2 Å². The predicted octanol–water partition coefficient (Wildman–Crippen LogP) is 5.68. The van der Waals surface area contributed by atoms with Crippen molar-refractivity contribution in [2.45, 2.75) is 6.92 Å². The van der Waals surface area contributed by atoms with Crippen molar-refractivity contribution in [1.29, 1.82) is 0 Å². The molecule has 1 aromatic heterocycles. The number of carbonyl (C=O) groups excluding carboxylic acids is 1. The second kappa shape index (κ2) is 9.70. The van der Waals surface area contributed by atoms with Crippen molar-refractivity contribution in [2.75, 3.05) is 17.2 Å². The molecular weight excluding hydrogens is 407 g/mol. The molecule has 1 heterocycles. The molecule has 0 bridgehead atoms. The Morgan fingerprint density at radius 1 is 0.969 bits per heavy atom. The highest BCUT2D eigenvalue weighted by Crippen LogP contribution is 2.25. The van der Waals surface area contributed by atoms with Crippen LogP contribution in [0.4, 0.5) is 21.6 Å². The van der Waals surface area contributed by atoms with Crippen molar-refractivity contribution in [3.05, 3.63) is 96.6 Å². The summed E-state index contributed by atoms with van der Waals surface area (Å²) in [5.74, 6) is 0.612. The molecule has 0 aliphatic carbocycles. The predicted molar refractivity (Wildman–Crippen MR) is 123 cm³/mol. The van der Waals surface area contributed by atoms with Crippen LogP contribution in [0.1, 0.15) is 17.3 Å². The van der Waals surface area contributed by atoms with Gasteiger partial charge in [0.2, 0.25) is 0 Å². The van der Waals surface area contributed by atoms with E-state index in [0.717, 1.165) is 5.56 Å². The van der Waals surface area contributed by atoms with E-state index in [1.807, 2.05) is 31.2 Å². The van der Waals surface area contributed by atoms with E-state index < -0.39 is 0 Å². The van der Waals surface area contributed by atoms with Gasteiger partial charge in [0.1, 0.15) is 23.7 Å². The van der Waals surface area contributed by atoms with Crippen molar-refractivity contribution in [3.8, 4) is 17.0 Å². The Morgan fingerprint density at radius 3 is 2.59 bits per heavy atom. The number of carbonyl (C=O) groups is 1. The zero-order chi connectivity index (χ0) is 22.3. The van der Waals surface area contributed by atoms with E-state index in [4.69, 9.17) is 4.74 Å². The summed E-state index contributed by atoms with van der Waals surface area (Å²) in [6.07, 6.45) is 1.43. The molecule has 32 heavy (non-hydrogen) atoms. The van der Waals surface area contributed by atoms with Crippen molar-refractivity contribution < 1.29 is 13.9 Å². The number of anilines is 3. The van der Waals surface area contributed by atoms with Crippen LogP contribution in [0.2, 0.25) is 0 Å². The average molecular weight is 428 g/mol. The SMILES string of the molecule is CCOc1ccccc1NC(=O)c1cccc(Nc2cc(-c3ccc(F)cc3)ncn2)c1. The second-order valence-corrected chi connectivity index (χ2v) is 6.88. The Balaban J connectivity index is 1.51. The number of hydrogen-bond acceptors (Lipinski definition) is 5. The van der Waals surface area contributed by atoms with E-state index in [9.17, 15) is 9.18 Å². The lowest BCUT2D eigenvalue weighted by Gasteiger charge is -2.12. The summed E-state index contributed by atoms with van der Waals surface area (Å²) >= 11 is 0. The first-order valence-corrected chi connectivity index (χ1v) is 10.1. The summed E-state index contributed by atoms with van der Waals surface area (Å²) in [6.45, 7) is 2.40. The molecule has 4 rings (SSSR count). The van der Waals surface area contributed by atoms with Gasteiger partial charge in [-0.15, -0.1) is 0 Å². The van der Waals surface area contributed by atoms with Gasteiger partial charge in [-0.2, -0.15) is 0 Å². The molecule has 7 heteroatoms. The third kappa shape index (κ3) is 5.07. The molecule has 0 saturated heterocycles. The largest absolute Gasteiger partial charge is 0.492 e. The number of benzene rings is 3. The number of halogens is 1. The van der Waals surface area contributed by atoms with Gasteiger partial charge < -0.3 is 15.4 Å². The lowest BCUT2D eigenvalue weighted by molar-refractivity contribution is 0.102. The maximum Gasteiger partial charge on any atom is 0.255 e. The lowest BCUT2D eigenvalue weighted by atomic mass is 10.1. The Bertz CT molecular complexity index is 1230. The Kier molecular flexibility index (Phi) is 6.36. The third-order valence-electron chi connectivity index (χ3n) is 4.64. The number of amides is 1. The molecule has 0 spiro atoms. The van der Waals surface area contributed by atoms with E-state index in [1.54, 1.807) is 42.5 Å². The minimum Gasteiger partial charge on any atom is -0.492 e. The van der Waals surface area contributed by atoms with Crippen LogP contribution in [0.25, 0.3) is 11.3 Å². The monoisotopic (exact) mass is 428 g/mol. The van der Waals surface area contributed by atoms with Gasteiger partial charge in [0, 0.05) is 22.9 Å². The second-order valence-electron chi connectivity index (χ2n) is 6.88. The van der Waals surface area contributed by atoms with Gasteiger partial charge in [-0.25, -0.2) is 14.4 Å². The van der Waals surface area contributed by atoms with E-state index >= 15 is 0 Å². The van der Waals surface area contributed by atoms with E-state index in [1.165, 1.54) is 18.5 Å². The van der Waals surface area contributed by atoms with E-state index in [0.29, 0.717) is 40.8 Å². The van der Waals surface area contributed by atoms with E-state index in [2.05, 4.69) is 20.6 Å². The number of para-hydroxylation sites is 2. The van der Waals surface area contributed by atoms with Crippen LogP contribution in [-0.2, 0) is 0 Å². The van der Waals surface area contributed by atoms with Crippen LogP contribution < -0.4 is 15.4 Å². The van der Waals surface area contributed by atoms with Gasteiger partial charge >= 0.3 is 0 Å². The number of aromatic nitrogens is 2. The van der Waals surface area contributed by atoms with Crippen LogP contribution in [0.15, 0.2) is 85.2 Å². The summed E-state index contributed by atoms with van der Waals surface area (Å²) in [7, 11) is 0. The summed E-state index contributed by atoms with van der Waals surface area (Å²) in [5.41, 5.74) is 3.22. The Hall–Kier alpha value is -4.26. The molecule has 0 saturated carbocycles. The highest BCUT2D eigenvalue weighted by atomic mass is 19.1. The third-order valence-corrected chi connectivity index (χ3v) is 4.64. The topological polar surface area (TPSA) is 76.1 Å². The quantitative estimate of drug-likeness (QED) is 0.396. The molecule has 0 unspecified atom stereocenters. The Labute approximate surface area is 185 Å². The van der Waals surface area contributed by atoms with Gasteiger partial charge in [0.25, 0.3) is 5.91 Å². The fourth-order valence-corrected chi connectivity index (χ4v) is 3.14. The van der Waals surface area contributed by atoms with Crippen LogP contribution in [0.3, 0.4) is 0 Å². The zero-order valence-electron chi connectivity index (χ0n) is 17.4. The normalized spacial score (nSPS) is 10.4. The van der Waals surface area contributed by atoms with Gasteiger partial charge in [0.05, 0.1) is 18.0 Å². The molecule has 3 aromatic carbocycles. The summed E-state index contributed by atoms with van der Waals surface area (Å²) in [4.78, 5) is 21.3. The molecule has 160 valence electrons. The average Bonchev–Trinajstić information content (AvgIpc) is 2.81. The minimum atomic E-state index is -0.305.